The Morgan fingerprint density at radius 1 is 1.45 bits per heavy atom. The Morgan fingerprint density at radius 2 is 2.05 bits per heavy atom. The number of carbonyl (C=O) groups is 1. The zero-order chi connectivity index (χ0) is 15.1. The predicted octanol–water partition coefficient (Wildman–Crippen LogP) is 2.16. The number of ether oxygens (including phenoxy) is 1. The monoisotopic (exact) mass is 289 g/mol. The molecule has 1 saturated carbocycles. The minimum atomic E-state index is -4.54. The largest absolute Gasteiger partial charge is 0.496 e. The van der Waals surface area contributed by atoms with Crippen LogP contribution >= 0.6 is 0 Å². The van der Waals surface area contributed by atoms with E-state index in [-0.39, 0.29) is 30.2 Å². The highest BCUT2D eigenvalue weighted by atomic mass is 19.4. The van der Waals surface area contributed by atoms with Gasteiger partial charge < -0.3 is 15.6 Å². The second-order valence-corrected chi connectivity index (χ2v) is 4.97. The number of carboxylic acid groups (broad SMARTS) is 1. The van der Waals surface area contributed by atoms with Gasteiger partial charge >= 0.3 is 12.1 Å². The summed E-state index contributed by atoms with van der Waals surface area (Å²) in [5.41, 5.74) is 3.36. The fraction of sp³-hybridized carbons (Fsp3) is 0.462. The minimum absolute atomic E-state index is 0.0315. The van der Waals surface area contributed by atoms with Crippen LogP contribution in [0.25, 0.3) is 0 Å². The molecule has 1 fully saturated rings. The molecule has 7 heteroatoms. The molecule has 0 aliphatic heterocycles. The number of nitrogens with two attached hydrogens (primary N) is 1. The van der Waals surface area contributed by atoms with Crippen LogP contribution in [0.2, 0.25) is 0 Å². The molecule has 0 unspecified atom stereocenters. The van der Waals surface area contributed by atoms with Crippen LogP contribution in [0.5, 0.6) is 5.75 Å². The van der Waals surface area contributed by atoms with Gasteiger partial charge in [-0.05, 0) is 31.0 Å². The van der Waals surface area contributed by atoms with Crippen molar-refractivity contribution < 1.29 is 27.8 Å². The third-order valence-electron chi connectivity index (χ3n) is 3.67. The third kappa shape index (κ3) is 2.22. The normalized spacial score (nSPS) is 25.9. The molecule has 0 bridgehead atoms. The van der Waals surface area contributed by atoms with Gasteiger partial charge in [0.2, 0.25) is 0 Å². The fourth-order valence-electron chi connectivity index (χ4n) is 2.60. The van der Waals surface area contributed by atoms with Crippen LogP contribution in [0.4, 0.5) is 13.2 Å². The molecule has 1 aromatic carbocycles. The quantitative estimate of drug-likeness (QED) is 0.894. The second-order valence-electron chi connectivity index (χ2n) is 4.97. The number of carboxylic acids is 1. The average molecular weight is 289 g/mol. The molecule has 0 heterocycles. The molecule has 1 aliphatic rings. The van der Waals surface area contributed by atoms with E-state index < -0.39 is 23.1 Å². The lowest BCUT2D eigenvalue weighted by Crippen LogP contribution is -2.54. The van der Waals surface area contributed by atoms with Crippen molar-refractivity contribution in [3.63, 3.8) is 0 Å². The zero-order valence-corrected chi connectivity index (χ0v) is 10.7. The van der Waals surface area contributed by atoms with Gasteiger partial charge in [0, 0.05) is 11.6 Å². The summed E-state index contributed by atoms with van der Waals surface area (Å²) < 4.78 is 43.3. The summed E-state index contributed by atoms with van der Waals surface area (Å²) in [5.74, 6) is -1.05. The Kier molecular flexibility index (Phi) is 3.41. The van der Waals surface area contributed by atoms with Crippen LogP contribution in [0.15, 0.2) is 18.2 Å². The first-order chi connectivity index (χ1) is 9.20. The highest BCUT2D eigenvalue weighted by Gasteiger charge is 2.52. The van der Waals surface area contributed by atoms with Crippen LogP contribution in [0, 0.1) is 0 Å². The number of benzene rings is 1. The molecule has 3 N–H and O–H groups in total. The van der Waals surface area contributed by atoms with E-state index in [2.05, 4.69) is 0 Å². The van der Waals surface area contributed by atoms with Crippen molar-refractivity contribution in [1.82, 2.24) is 0 Å². The average Bonchev–Trinajstić information content (AvgIpc) is 2.32. The van der Waals surface area contributed by atoms with Gasteiger partial charge in [-0.15, -0.1) is 0 Å². The summed E-state index contributed by atoms with van der Waals surface area (Å²) in [6, 6.07) is 2.53. The summed E-state index contributed by atoms with van der Waals surface area (Å²) in [6.45, 7) is 0. The van der Waals surface area contributed by atoms with Crippen molar-refractivity contribution in [3.05, 3.63) is 29.3 Å². The lowest BCUT2D eigenvalue weighted by molar-refractivity contribution is -0.148. The van der Waals surface area contributed by atoms with E-state index in [0.29, 0.717) is 0 Å². The van der Waals surface area contributed by atoms with Gasteiger partial charge in [0.15, 0.2) is 0 Å². The summed E-state index contributed by atoms with van der Waals surface area (Å²) >= 11 is 0. The molecule has 1 aliphatic carbocycles. The summed E-state index contributed by atoms with van der Waals surface area (Å²) in [5, 5.41) is 9.38. The first-order valence-electron chi connectivity index (χ1n) is 5.95. The first-order valence-corrected chi connectivity index (χ1v) is 5.95. The van der Waals surface area contributed by atoms with Crippen LogP contribution in [-0.2, 0) is 16.4 Å². The molecule has 1 aromatic rings. The van der Waals surface area contributed by atoms with E-state index in [4.69, 9.17) is 10.5 Å². The number of alkyl halides is 3. The number of aliphatic carboxylic acids is 1. The molecule has 0 spiro atoms. The zero-order valence-electron chi connectivity index (χ0n) is 10.7. The summed E-state index contributed by atoms with van der Waals surface area (Å²) in [7, 11) is 1.29. The topological polar surface area (TPSA) is 72.5 Å². The van der Waals surface area contributed by atoms with Crippen molar-refractivity contribution in [2.24, 2.45) is 5.73 Å². The maximum absolute atomic E-state index is 12.8. The SMILES string of the molecule is COc1ccc(C(F)(F)F)cc1C1(C(=O)O)CC(N)C1. The highest BCUT2D eigenvalue weighted by molar-refractivity contribution is 5.84. The molecule has 2 rings (SSSR count). The predicted molar refractivity (Wildman–Crippen MR) is 64.5 cm³/mol. The van der Waals surface area contributed by atoms with E-state index >= 15 is 0 Å². The maximum Gasteiger partial charge on any atom is 0.416 e. The maximum atomic E-state index is 12.8. The highest BCUT2D eigenvalue weighted by Crippen LogP contribution is 2.48. The molecule has 20 heavy (non-hydrogen) atoms. The van der Waals surface area contributed by atoms with E-state index in [1.54, 1.807) is 0 Å². The van der Waals surface area contributed by atoms with E-state index in [1.807, 2.05) is 0 Å². The Morgan fingerprint density at radius 3 is 2.45 bits per heavy atom. The van der Waals surface area contributed by atoms with Crippen molar-refractivity contribution >= 4 is 5.97 Å². The van der Waals surface area contributed by atoms with Crippen molar-refractivity contribution in [2.75, 3.05) is 7.11 Å². The minimum Gasteiger partial charge on any atom is -0.496 e. The van der Waals surface area contributed by atoms with E-state index in [0.717, 1.165) is 18.2 Å². The van der Waals surface area contributed by atoms with Gasteiger partial charge in [-0.2, -0.15) is 13.2 Å². The molecular formula is C13H14F3NO3. The Balaban J connectivity index is 2.56. The van der Waals surface area contributed by atoms with Gasteiger partial charge in [0.25, 0.3) is 0 Å². The molecular weight excluding hydrogens is 275 g/mol. The Bertz CT molecular complexity index is 536. The smallest absolute Gasteiger partial charge is 0.416 e. The lowest BCUT2D eigenvalue weighted by atomic mass is 9.61. The van der Waals surface area contributed by atoms with Crippen molar-refractivity contribution in [2.45, 2.75) is 30.5 Å². The second kappa shape index (κ2) is 4.66. The standard InChI is InChI=1S/C13H14F3NO3/c1-20-10-3-2-7(13(14,15)16)4-9(10)12(11(18)19)5-8(17)6-12/h2-4,8H,5-6,17H2,1H3,(H,18,19). The van der Waals surface area contributed by atoms with E-state index in [1.165, 1.54) is 7.11 Å². The molecule has 4 nitrogen and oxygen atoms in total. The van der Waals surface area contributed by atoms with Crippen LogP contribution in [0.3, 0.4) is 0 Å². The number of hydrogen-bond donors (Lipinski definition) is 2. The van der Waals surface area contributed by atoms with Crippen LogP contribution < -0.4 is 10.5 Å². The van der Waals surface area contributed by atoms with Gasteiger partial charge in [0.05, 0.1) is 18.1 Å². The van der Waals surface area contributed by atoms with Gasteiger partial charge in [-0.3, -0.25) is 4.79 Å². The molecule has 110 valence electrons. The Hall–Kier alpha value is -1.76. The fourth-order valence-corrected chi connectivity index (χ4v) is 2.60. The van der Waals surface area contributed by atoms with Crippen LogP contribution in [-0.4, -0.2) is 24.2 Å². The summed E-state index contributed by atoms with van der Waals surface area (Å²) in [4.78, 5) is 11.5. The number of methoxy groups -OCH3 is 1. The lowest BCUT2D eigenvalue weighted by Gasteiger charge is -2.43. The number of halogens is 3. The Labute approximate surface area is 113 Å². The number of rotatable bonds is 3. The molecule has 0 amide bonds. The molecule has 0 aromatic heterocycles. The van der Waals surface area contributed by atoms with Crippen molar-refractivity contribution in [3.8, 4) is 5.75 Å². The molecule has 0 saturated heterocycles. The van der Waals surface area contributed by atoms with E-state index in [9.17, 15) is 23.1 Å². The summed E-state index contributed by atoms with van der Waals surface area (Å²) in [6.07, 6.45) is -4.34. The molecule has 0 atom stereocenters. The van der Waals surface area contributed by atoms with Gasteiger partial charge in [0.1, 0.15) is 5.75 Å². The number of hydrogen-bond acceptors (Lipinski definition) is 3. The van der Waals surface area contributed by atoms with Gasteiger partial charge in [-0.25, -0.2) is 0 Å². The first kappa shape index (κ1) is 14.6. The van der Waals surface area contributed by atoms with Crippen molar-refractivity contribution in [1.29, 1.82) is 0 Å². The van der Waals surface area contributed by atoms with Gasteiger partial charge in [-0.1, -0.05) is 0 Å². The molecule has 0 radical (unpaired) electrons. The van der Waals surface area contributed by atoms with Crippen LogP contribution in [0.1, 0.15) is 24.0 Å². The third-order valence-corrected chi connectivity index (χ3v) is 3.67.